The molecular formula is C35H50O13. The van der Waals surface area contributed by atoms with Crippen molar-refractivity contribution < 1.29 is 61.9 Å². The number of benzene rings is 1. The third-order valence-electron chi connectivity index (χ3n) is 5.11. The van der Waals surface area contributed by atoms with Crippen LogP contribution in [0.25, 0.3) is 0 Å². The summed E-state index contributed by atoms with van der Waals surface area (Å²) in [5, 5.41) is 0. The van der Waals surface area contributed by atoms with Crippen molar-refractivity contribution in [1.29, 1.82) is 0 Å². The molecule has 2 rings (SSSR count). The Labute approximate surface area is 283 Å². The second-order valence-corrected chi connectivity index (χ2v) is 9.82. The molecule has 13 heteroatoms. The number of carbonyl (C=O) groups is 5. The molecule has 268 valence electrons. The quantitative estimate of drug-likeness (QED) is 0.0786. The minimum atomic E-state index is -0.728. The van der Waals surface area contributed by atoms with E-state index in [1.807, 2.05) is 37.3 Å². The number of esters is 5. The fourth-order valence-electron chi connectivity index (χ4n) is 2.52. The van der Waals surface area contributed by atoms with Crippen LogP contribution in [0.4, 0.5) is 0 Å². The van der Waals surface area contributed by atoms with E-state index >= 15 is 0 Å². The van der Waals surface area contributed by atoms with Gasteiger partial charge in [-0.25, -0.2) is 24.0 Å². The molecule has 0 bridgehead atoms. The van der Waals surface area contributed by atoms with E-state index in [1.54, 1.807) is 27.9 Å². The van der Waals surface area contributed by atoms with Crippen LogP contribution in [0.15, 0.2) is 78.9 Å². The van der Waals surface area contributed by atoms with Crippen molar-refractivity contribution in [3.8, 4) is 0 Å². The van der Waals surface area contributed by atoms with Gasteiger partial charge in [0.05, 0.1) is 26.4 Å². The lowest BCUT2D eigenvalue weighted by molar-refractivity contribution is -0.157. The number of cyclic esters (lactones) is 1. The molecule has 1 unspecified atom stereocenters. The molecule has 1 aliphatic rings. The van der Waals surface area contributed by atoms with Crippen LogP contribution in [0, 0.1) is 0 Å². The number of methoxy groups -OCH3 is 1. The van der Waals surface area contributed by atoms with Crippen LogP contribution in [0.3, 0.4) is 0 Å². The predicted octanol–water partition coefficient (Wildman–Crippen LogP) is 4.60. The van der Waals surface area contributed by atoms with Gasteiger partial charge in [0.2, 0.25) is 6.10 Å². The normalized spacial score (nSPS) is 12.5. The Morgan fingerprint density at radius 2 is 1.25 bits per heavy atom. The molecule has 1 aliphatic heterocycles. The highest BCUT2D eigenvalue weighted by atomic mass is 16.7. The van der Waals surface area contributed by atoms with E-state index in [0.29, 0.717) is 62.8 Å². The van der Waals surface area contributed by atoms with Gasteiger partial charge in [-0.3, -0.25) is 0 Å². The fourth-order valence-corrected chi connectivity index (χ4v) is 2.52. The largest absolute Gasteiger partial charge is 0.463 e. The van der Waals surface area contributed by atoms with Gasteiger partial charge in [0.15, 0.2) is 6.79 Å². The second-order valence-electron chi connectivity index (χ2n) is 9.82. The van der Waals surface area contributed by atoms with Crippen LogP contribution in [-0.4, -0.2) is 89.5 Å². The van der Waals surface area contributed by atoms with Crippen LogP contribution in [-0.2, 0) is 68.5 Å². The average molecular weight is 679 g/mol. The van der Waals surface area contributed by atoms with E-state index in [0.717, 1.165) is 5.56 Å². The summed E-state index contributed by atoms with van der Waals surface area (Å²) in [7, 11) is 1.60. The Bertz CT molecular complexity index is 1190. The molecule has 48 heavy (non-hydrogen) atoms. The third-order valence-corrected chi connectivity index (χ3v) is 5.11. The molecule has 1 atom stereocenters. The summed E-state index contributed by atoms with van der Waals surface area (Å²) in [4.78, 5) is 54.2. The zero-order chi connectivity index (χ0) is 36.9. The van der Waals surface area contributed by atoms with E-state index in [9.17, 15) is 24.0 Å². The van der Waals surface area contributed by atoms with E-state index in [1.165, 1.54) is 6.92 Å². The molecule has 1 fully saturated rings. The first-order valence-corrected chi connectivity index (χ1v) is 14.9. The summed E-state index contributed by atoms with van der Waals surface area (Å²) in [5.74, 6) is -2.14. The highest BCUT2D eigenvalue weighted by Gasteiger charge is 2.30. The summed E-state index contributed by atoms with van der Waals surface area (Å²) < 4.78 is 38.3. The second kappa shape index (κ2) is 28.6. The molecule has 0 aromatic heterocycles. The Hall–Kier alpha value is -4.59. The van der Waals surface area contributed by atoms with Gasteiger partial charge in [-0.05, 0) is 40.2 Å². The molecule has 1 heterocycles. The van der Waals surface area contributed by atoms with Gasteiger partial charge in [0.1, 0.15) is 13.2 Å². The first-order chi connectivity index (χ1) is 22.7. The van der Waals surface area contributed by atoms with E-state index < -0.39 is 24.0 Å². The third kappa shape index (κ3) is 25.6. The summed E-state index contributed by atoms with van der Waals surface area (Å²) in [6.45, 7) is 24.8. The lowest BCUT2D eigenvalue weighted by Crippen LogP contribution is -2.22. The van der Waals surface area contributed by atoms with Crippen LogP contribution in [0.1, 0.15) is 46.6 Å². The molecule has 13 nitrogen and oxygen atoms in total. The van der Waals surface area contributed by atoms with E-state index in [4.69, 9.17) is 28.4 Å². The number of carbonyl (C=O) groups excluding carboxylic acids is 5. The first kappa shape index (κ1) is 45.5. The first-order valence-electron chi connectivity index (χ1n) is 14.9. The van der Waals surface area contributed by atoms with Crippen molar-refractivity contribution in [1.82, 2.24) is 0 Å². The summed E-state index contributed by atoms with van der Waals surface area (Å²) in [6.07, 6.45) is -0.285. The summed E-state index contributed by atoms with van der Waals surface area (Å²) in [5.41, 5.74) is 2.49. The maximum absolute atomic E-state index is 11.0. The molecule has 0 spiro atoms. The Balaban J connectivity index is 0. The van der Waals surface area contributed by atoms with Gasteiger partial charge in [-0.2, -0.15) is 0 Å². The van der Waals surface area contributed by atoms with Crippen molar-refractivity contribution in [2.45, 2.75) is 53.8 Å². The molecule has 1 saturated heterocycles. The molecule has 0 amide bonds. The molecular weight excluding hydrogens is 628 g/mol. The SMILES string of the molecule is C=C(C)C(=O)OC1CCOC1=O.C=C(C)C(=O)OCCOCCOC.C=C(C)C(=O)OCOCC.C=C(C)C(=O)OCc1ccccc1. The van der Waals surface area contributed by atoms with E-state index in [2.05, 4.69) is 35.8 Å². The highest BCUT2D eigenvalue weighted by molar-refractivity contribution is 5.90. The maximum Gasteiger partial charge on any atom is 0.347 e. The minimum Gasteiger partial charge on any atom is -0.463 e. The Morgan fingerprint density at radius 1 is 0.729 bits per heavy atom. The van der Waals surface area contributed by atoms with Crippen molar-refractivity contribution in [2.24, 2.45) is 0 Å². The molecule has 0 saturated carbocycles. The molecule has 0 aliphatic carbocycles. The topological polar surface area (TPSA) is 159 Å². The van der Waals surface area contributed by atoms with Crippen LogP contribution in [0.5, 0.6) is 0 Å². The van der Waals surface area contributed by atoms with Crippen molar-refractivity contribution in [3.63, 3.8) is 0 Å². The molecule has 0 radical (unpaired) electrons. The lowest BCUT2D eigenvalue weighted by Gasteiger charge is -2.06. The van der Waals surface area contributed by atoms with Gasteiger partial charge in [0, 0.05) is 42.4 Å². The summed E-state index contributed by atoms with van der Waals surface area (Å²) >= 11 is 0. The lowest BCUT2D eigenvalue weighted by atomic mass is 10.2. The zero-order valence-corrected chi connectivity index (χ0v) is 29.0. The fraction of sp³-hybridized carbons (Fsp3) is 0.457. The zero-order valence-electron chi connectivity index (χ0n) is 29.0. The Kier molecular flexibility index (Phi) is 27.1. The maximum atomic E-state index is 11.0. The molecule has 1 aromatic carbocycles. The Morgan fingerprint density at radius 3 is 1.73 bits per heavy atom. The van der Waals surface area contributed by atoms with Crippen LogP contribution < -0.4 is 0 Å². The molecule has 0 N–H and O–H groups in total. The van der Waals surface area contributed by atoms with Crippen molar-refractivity contribution >= 4 is 29.8 Å². The van der Waals surface area contributed by atoms with Gasteiger partial charge in [0.25, 0.3) is 0 Å². The number of rotatable bonds is 16. The number of hydrogen-bond donors (Lipinski definition) is 0. The number of ether oxygens (including phenoxy) is 8. The van der Waals surface area contributed by atoms with E-state index in [-0.39, 0.29) is 30.9 Å². The molecule has 1 aromatic rings. The van der Waals surface area contributed by atoms with Gasteiger partial charge >= 0.3 is 29.8 Å². The standard InChI is InChI=1S/C11H12O2.C9H16O4.C8H10O4.C7H12O3/c1-9(2)11(12)13-8-10-6-4-3-5-7-10;1-8(2)9(10)13-7-6-12-5-4-11-3;1-5(2)7(9)12-6-3-4-11-8(6)10;1-4-9-5-10-7(8)6(2)3/h3-7H,1,8H2,2H3;1,4-7H2,2-3H3;6H,1,3-4H2,2H3;2,4-5H2,1,3H3. The van der Waals surface area contributed by atoms with Crippen molar-refractivity contribution in [3.05, 3.63) is 84.5 Å². The monoisotopic (exact) mass is 678 g/mol. The summed E-state index contributed by atoms with van der Waals surface area (Å²) in [6, 6.07) is 9.55. The van der Waals surface area contributed by atoms with Crippen LogP contribution >= 0.6 is 0 Å². The number of hydrogen-bond acceptors (Lipinski definition) is 13. The van der Waals surface area contributed by atoms with Gasteiger partial charge in [-0.1, -0.05) is 56.6 Å². The predicted molar refractivity (Wildman–Crippen MR) is 177 cm³/mol. The minimum absolute atomic E-state index is 0.0161. The van der Waals surface area contributed by atoms with Gasteiger partial charge in [-0.15, -0.1) is 0 Å². The van der Waals surface area contributed by atoms with Crippen LogP contribution in [0.2, 0.25) is 0 Å². The van der Waals surface area contributed by atoms with Gasteiger partial charge < -0.3 is 37.9 Å². The highest BCUT2D eigenvalue weighted by Crippen LogP contribution is 2.11. The smallest absolute Gasteiger partial charge is 0.347 e. The average Bonchev–Trinajstić information content (AvgIpc) is 3.46. The van der Waals surface area contributed by atoms with Crippen molar-refractivity contribution in [2.75, 3.05) is 53.5 Å².